The standard InChI is InChI=1S/C16H18FNO2/c1-2-19-15-4-3-5-16(9-15)20-11-13-6-12(10-18)7-14(17)8-13/h3-9H,2,10-11,18H2,1H3. The maximum Gasteiger partial charge on any atom is 0.123 e. The number of hydrogen-bond donors (Lipinski definition) is 1. The summed E-state index contributed by atoms with van der Waals surface area (Å²) in [6.45, 7) is 3.13. The highest BCUT2D eigenvalue weighted by Gasteiger charge is 2.02. The van der Waals surface area contributed by atoms with Crippen LogP contribution in [0.2, 0.25) is 0 Å². The molecule has 0 aliphatic rings. The van der Waals surface area contributed by atoms with Crippen LogP contribution in [0.15, 0.2) is 42.5 Å². The molecular formula is C16H18FNO2. The van der Waals surface area contributed by atoms with Crippen LogP contribution in [0.3, 0.4) is 0 Å². The number of nitrogens with two attached hydrogens (primary N) is 1. The third kappa shape index (κ3) is 3.96. The summed E-state index contributed by atoms with van der Waals surface area (Å²) in [5.41, 5.74) is 7.04. The average molecular weight is 275 g/mol. The first-order valence-electron chi connectivity index (χ1n) is 6.55. The molecule has 0 atom stereocenters. The zero-order valence-electron chi connectivity index (χ0n) is 11.4. The number of benzene rings is 2. The molecule has 0 aliphatic carbocycles. The predicted octanol–water partition coefficient (Wildman–Crippen LogP) is 3.26. The highest BCUT2D eigenvalue weighted by molar-refractivity contribution is 5.33. The second-order valence-corrected chi connectivity index (χ2v) is 4.37. The van der Waals surface area contributed by atoms with Crippen LogP contribution in [-0.2, 0) is 13.2 Å². The van der Waals surface area contributed by atoms with Crippen LogP contribution in [0.1, 0.15) is 18.1 Å². The highest BCUT2D eigenvalue weighted by Crippen LogP contribution is 2.20. The van der Waals surface area contributed by atoms with E-state index in [1.165, 1.54) is 12.1 Å². The van der Waals surface area contributed by atoms with E-state index in [1.807, 2.05) is 37.3 Å². The predicted molar refractivity (Wildman–Crippen MR) is 76.2 cm³/mol. The monoisotopic (exact) mass is 275 g/mol. The minimum Gasteiger partial charge on any atom is -0.494 e. The molecular weight excluding hydrogens is 257 g/mol. The fraction of sp³-hybridized carbons (Fsp3) is 0.250. The molecule has 0 amide bonds. The summed E-state index contributed by atoms with van der Waals surface area (Å²) in [7, 11) is 0. The van der Waals surface area contributed by atoms with Gasteiger partial charge in [0.1, 0.15) is 23.9 Å². The SMILES string of the molecule is CCOc1cccc(OCc2cc(F)cc(CN)c2)c1. The molecule has 4 heteroatoms. The lowest BCUT2D eigenvalue weighted by molar-refractivity contribution is 0.299. The van der Waals surface area contributed by atoms with Crippen molar-refractivity contribution in [2.24, 2.45) is 5.73 Å². The minimum atomic E-state index is -0.297. The van der Waals surface area contributed by atoms with Gasteiger partial charge < -0.3 is 15.2 Å². The lowest BCUT2D eigenvalue weighted by Crippen LogP contribution is -2.01. The smallest absolute Gasteiger partial charge is 0.123 e. The molecule has 2 aromatic carbocycles. The Morgan fingerprint density at radius 2 is 1.70 bits per heavy atom. The lowest BCUT2D eigenvalue weighted by Gasteiger charge is -2.09. The Hall–Kier alpha value is -2.07. The molecule has 0 saturated carbocycles. The number of halogens is 1. The van der Waals surface area contributed by atoms with Gasteiger partial charge in [-0.3, -0.25) is 0 Å². The normalized spacial score (nSPS) is 10.3. The third-order valence-corrected chi connectivity index (χ3v) is 2.78. The van der Waals surface area contributed by atoms with Gasteiger partial charge in [0.15, 0.2) is 0 Å². The van der Waals surface area contributed by atoms with Crippen molar-refractivity contribution in [1.82, 2.24) is 0 Å². The van der Waals surface area contributed by atoms with Gasteiger partial charge >= 0.3 is 0 Å². The molecule has 0 radical (unpaired) electrons. The third-order valence-electron chi connectivity index (χ3n) is 2.78. The summed E-state index contributed by atoms with van der Waals surface area (Å²) in [4.78, 5) is 0. The van der Waals surface area contributed by atoms with E-state index < -0.39 is 0 Å². The molecule has 0 aromatic heterocycles. The van der Waals surface area contributed by atoms with Crippen LogP contribution in [0.4, 0.5) is 4.39 Å². The first kappa shape index (κ1) is 14.3. The Labute approximate surface area is 118 Å². The molecule has 0 spiro atoms. The highest BCUT2D eigenvalue weighted by atomic mass is 19.1. The number of hydrogen-bond acceptors (Lipinski definition) is 3. The van der Waals surface area contributed by atoms with Crippen molar-refractivity contribution in [3.63, 3.8) is 0 Å². The minimum absolute atomic E-state index is 0.292. The first-order valence-corrected chi connectivity index (χ1v) is 6.55. The van der Waals surface area contributed by atoms with E-state index >= 15 is 0 Å². The van der Waals surface area contributed by atoms with Crippen LogP contribution < -0.4 is 15.2 Å². The van der Waals surface area contributed by atoms with E-state index in [-0.39, 0.29) is 5.82 Å². The first-order chi connectivity index (χ1) is 9.71. The van der Waals surface area contributed by atoms with Gasteiger partial charge in [-0.2, -0.15) is 0 Å². The van der Waals surface area contributed by atoms with Crippen molar-refractivity contribution in [1.29, 1.82) is 0 Å². The second kappa shape index (κ2) is 6.91. The summed E-state index contributed by atoms with van der Waals surface area (Å²) in [6.07, 6.45) is 0. The van der Waals surface area contributed by atoms with Crippen molar-refractivity contribution in [2.45, 2.75) is 20.1 Å². The Morgan fingerprint density at radius 1 is 1.00 bits per heavy atom. The van der Waals surface area contributed by atoms with Gasteiger partial charge in [0.05, 0.1) is 6.61 Å². The topological polar surface area (TPSA) is 44.5 Å². The van der Waals surface area contributed by atoms with E-state index in [0.29, 0.717) is 25.5 Å². The van der Waals surface area contributed by atoms with Gasteiger partial charge in [-0.25, -0.2) is 4.39 Å². The summed E-state index contributed by atoms with van der Waals surface area (Å²) in [5.74, 6) is 1.15. The fourth-order valence-corrected chi connectivity index (χ4v) is 1.91. The number of rotatable bonds is 6. The van der Waals surface area contributed by atoms with Crippen LogP contribution >= 0.6 is 0 Å². The lowest BCUT2D eigenvalue weighted by atomic mass is 10.1. The van der Waals surface area contributed by atoms with Gasteiger partial charge in [-0.05, 0) is 42.3 Å². The van der Waals surface area contributed by atoms with Gasteiger partial charge in [-0.15, -0.1) is 0 Å². The van der Waals surface area contributed by atoms with E-state index in [9.17, 15) is 4.39 Å². The molecule has 0 heterocycles. The Balaban J connectivity index is 2.04. The van der Waals surface area contributed by atoms with Gasteiger partial charge in [0.2, 0.25) is 0 Å². The van der Waals surface area contributed by atoms with Gasteiger partial charge in [-0.1, -0.05) is 12.1 Å². The van der Waals surface area contributed by atoms with Crippen molar-refractivity contribution in [3.05, 3.63) is 59.4 Å². The van der Waals surface area contributed by atoms with E-state index in [1.54, 1.807) is 0 Å². The quantitative estimate of drug-likeness (QED) is 0.880. The summed E-state index contributed by atoms with van der Waals surface area (Å²) < 4.78 is 24.4. The van der Waals surface area contributed by atoms with Crippen LogP contribution in [0.5, 0.6) is 11.5 Å². The van der Waals surface area contributed by atoms with Crippen molar-refractivity contribution in [2.75, 3.05) is 6.61 Å². The maximum absolute atomic E-state index is 13.4. The van der Waals surface area contributed by atoms with Crippen molar-refractivity contribution in [3.8, 4) is 11.5 Å². The zero-order chi connectivity index (χ0) is 14.4. The molecule has 0 saturated heterocycles. The molecule has 0 bridgehead atoms. The molecule has 3 nitrogen and oxygen atoms in total. The van der Waals surface area contributed by atoms with Crippen molar-refractivity contribution < 1.29 is 13.9 Å². The van der Waals surface area contributed by atoms with Gasteiger partial charge in [0, 0.05) is 12.6 Å². The zero-order valence-corrected chi connectivity index (χ0v) is 11.4. The summed E-state index contributed by atoms with van der Waals surface area (Å²) in [6, 6.07) is 12.1. The van der Waals surface area contributed by atoms with Crippen molar-refractivity contribution >= 4 is 0 Å². The van der Waals surface area contributed by atoms with E-state index in [2.05, 4.69) is 0 Å². The molecule has 20 heavy (non-hydrogen) atoms. The molecule has 0 fully saturated rings. The average Bonchev–Trinajstić information content (AvgIpc) is 2.45. The molecule has 0 unspecified atom stereocenters. The molecule has 106 valence electrons. The van der Waals surface area contributed by atoms with Crippen LogP contribution in [-0.4, -0.2) is 6.61 Å². The fourth-order valence-electron chi connectivity index (χ4n) is 1.91. The maximum atomic E-state index is 13.4. The van der Waals surface area contributed by atoms with Crippen LogP contribution in [0.25, 0.3) is 0 Å². The molecule has 2 aromatic rings. The summed E-state index contributed by atoms with van der Waals surface area (Å²) in [5, 5.41) is 0. The van der Waals surface area contributed by atoms with Crippen LogP contribution in [0, 0.1) is 5.82 Å². The Morgan fingerprint density at radius 3 is 2.40 bits per heavy atom. The molecule has 0 aliphatic heterocycles. The number of ether oxygens (including phenoxy) is 2. The molecule has 2 rings (SSSR count). The van der Waals surface area contributed by atoms with E-state index in [0.717, 1.165) is 16.9 Å². The van der Waals surface area contributed by atoms with E-state index in [4.69, 9.17) is 15.2 Å². The molecule has 2 N–H and O–H groups in total. The Bertz CT molecular complexity index is 572. The Kier molecular flexibility index (Phi) is 4.96. The van der Waals surface area contributed by atoms with Gasteiger partial charge in [0.25, 0.3) is 0 Å². The second-order valence-electron chi connectivity index (χ2n) is 4.37. The largest absolute Gasteiger partial charge is 0.494 e. The summed E-state index contributed by atoms with van der Waals surface area (Å²) >= 11 is 0.